The van der Waals surface area contributed by atoms with Crippen LogP contribution in [0.4, 0.5) is 23.2 Å². The minimum absolute atomic E-state index is 0.0556. The highest BCUT2D eigenvalue weighted by atomic mass is 19.4. The number of hydrogen-bond acceptors (Lipinski definition) is 2. The van der Waals surface area contributed by atoms with Crippen LogP contribution in [0.5, 0.6) is 0 Å². The number of para-hydroxylation sites is 1. The van der Waals surface area contributed by atoms with E-state index in [1.807, 2.05) is 0 Å². The Morgan fingerprint density at radius 3 is 2.33 bits per heavy atom. The zero-order valence-electron chi connectivity index (χ0n) is 14.2. The molecule has 0 spiro atoms. The Morgan fingerprint density at radius 1 is 1.07 bits per heavy atom. The van der Waals surface area contributed by atoms with Crippen molar-refractivity contribution in [3.8, 4) is 5.69 Å². The van der Waals surface area contributed by atoms with Gasteiger partial charge in [-0.1, -0.05) is 12.1 Å². The van der Waals surface area contributed by atoms with Crippen molar-refractivity contribution >= 4 is 11.6 Å². The van der Waals surface area contributed by atoms with E-state index in [-0.39, 0.29) is 17.9 Å². The van der Waals surface area contributed by atoms with Gasteiger partial charge in [-0.2, -0.15) is 18.3 Å². The average Bonchev–Trinajstić information content (AvgIpc) is 3.12. The average molecular weight is 377 g/mol. The third kappa shape index (κ3) is 3.84. The highest BCUT2D eigenvalue weighted by molar-refractivity contribution is 6.04. The third-order valence-electron chi connectivity index (χ3n) is 3.98. The van der Waals surface area contributed by atoms with Crippen LogP contribution in [0.2, 0.25) is 0 Å². The standard InChI is InChI=1S/C19H15F4N3O/c1-2-25(14-9-7-13(8-10-14)19(21,22)23)18(27)16-11-12-26(24-16)17-6-4-3-5-15(17)20/h3-12H,2H2,1H3. The first kappa shape index (κ1) is 18.6. The van der Waals surface area contributed by atoms with Crippen LogP contribution in [-0.4, -0.2) is 22.2 Å². The van der Waals surface area contributed by atoms with Crippen molar-refractivity contribution in [1.29, 1.82) is 0 Å². The van der Waals surface area contributed by atoms with Crippen molar-refractivity contribution < 1.29 is 22.4 Å². The Morgan fingerprint density at radius 2 is 1.74 bits per heavy atom. The lowest BCUT2D eigenvalue weighted by Crippen LogP contribution is -2.31. The molecule has 0 saturated heterocycles. The molecular formula is C19H15F4N3O. The van der Waals surface area contributed by atoms with E-state index < -0.39 is 23.5 Å². The number of amides is 1. The summed E-state index contributed by atoms with van der Waals surface area (Å²) in [4.78, 5) is 14.0. The molecule has 0 aliphatic carbocycles. The number of halogens is 4. The monoisotopic (exact) mass is 377 g/mol. The Bertz CT molecular complexity index is 948. The quantitative estimate of drug-likeness (QED) is 0.619. The molecule has 0 fully saturated rings. The fourth-order valence-corrected chi connectivity index (χ4v) is 2.62. The van der Waals surface area contributed by atoms with Gasteiger partial charge in [0, 0.05) is 18.4 Å². The summed E-state index contributed by atoms with van der Waals surface area (Å²) in [6, 6.07) is 11.7. The summed E-state index contributed by atoms with van der Waals surface area (Å²) in [5.74, 6) is -0.984. The molecule has 0 radical (unpaired) electrons. The maximum atomic E-state index is 13.9. The Balaban J connectivity index is 1.87. The number of benzene rings is 2. The van der Waals surface area contributed by atoms with Gasteiger partial charge >= 0.3 is 6.18 Å². The summed E-state index contributed by atoms with van der Waals surface area (Å²) < 4.78 is 53.2. The number of nitrogens with zero attached hydrogens (tertiary/aromatic N) is 3. The molecule has 0 aliphatic heterocycles. The number of alkyl halides is 3. The molecule has 0 bridgehead atoms. The molecule has 27 heavy (non-hydrogen) atoms. The molecule has 1 heterocycles. The van der Waals surface area contributed by atoms with Crippen molar-refractivity contribution in [2.75, 3.05) is 11.4 Å². The molecule has 0 atom stereocenters. The summed E-state index contributed by atoms with van der Waals surface area (Å²) in [6.45, 7) is 1.93. The molecule has 1 aromatic heterocycles. The maximum absolute atomic E-state index is 13.9. The van der Waals surface area contributed by atoms with Gasteiger partial charge in [0.05, 0.1) is 5.56 Å². The lowest BCUT2D eigenvalue weighted by atomic mass is 10.2. The summed E-state index contributed by atoms with van der Waals surface area (Å²) >= 11 is 0. The first-order chi connectivity index (χ1) is 12.8. The number of carbonyl (C=O) groups excluding carboxylic acids is 1. The van der Waals surface area contributed by atoms with Crippen LogP contribution in [0.15, 0.2) is 60.8 Å². The van der Waals surface area contributed by atoms with Gasteiger partial charge in [0.1, 0.15) is 11.5 Å². The summed E-state index contributed by atoms with van der Waals surface area (Å²) in [6.07, 6.45) is -3.00. The van der Waals surface area contributed by atoms with Gasteiger partial charge < -0.3 is 4.90 Å². The molecule has 8 heteroatoms. The maximum Gasteiger partial charge on any atom is 0.416 e. The predicted molar refractivity (Wildman–Crippen MR) is 92.3 cm³/mol. The van der Waals surface area contributed by atoms with Crippen LogP contribution in [-0.2, 0) is 6.18 Å². The SMILES string of the molecule is CCN(C(=O)c1ccn(-c2ccccc2F)n1)c1ccc(C(F)(F)F)cc1. The number of hydrogen-bond donors (Lipinski definition) is 0. The Hall–Kier alpha value is -3.16. The van der Waals surface area contributed by atoms with Gasteiger partial charge in [0.15, 0.2) is 5.69 Å². The number of rotatable bonds is 4. The molecule has 0 unspecified atom stereocenters. The second-order valence-corrected chi connectivity index (χ2v) is 5.69. The van der Waals surface area contributed by atoms with Crippen molar-refractivity contribution in [3.63, 3.8) is 0 Å². The highest BCUT2D eigenvalue weighted by Gasteiger charge is 2.30. The van der Waals surface area contributed by atoms with Crippen LogP contribution in [0.25, 0.3) is 5.69 Å². The molecule has 3 rings (SSSR count). The van der Waals surface area contributed by atoms with Gasteiger partial charge in [-0.15, -0.1) is 0 Å². The van der Waals surface area contributed by atoms with Crippen LogP contribution >= 0.6 is 0 Å². The van der Waals surface area contributed by atoms with Gasteiger partial charge in [-0.05, 0) is 49.4 Å². The van der Waals surface area contributed by atoms with Gasteiger partial charge in [0.2, 0.25) is 0 Å². The van der Waals surface area contributed by atoms with E-state index in [1.165, 1.54) is 52.2 Å². The summed E-state index contributed by atoms with van der Waals surface area (Å²) in [7, 11) is 0. The van der Waals surface area contributed by atoms with Gasteiger partial charge in [0.25, 0.3) is 5.91 Å². The largest absolute Gasteiger partial charge is 0.416 e. The molecule has 2 aromatic carbocycles. The van der Waals surface area contributed by atoms with E-state index in [9.17, 15) is 22.4 Å². The molecule has 0 N–H and O–H groups in total. The minimum atomic E-state index is -4.45. The lowest BCUT2D eigenvalue weighted by Gasteiger charge is -2.20. The fourth-order valence-electron chi connectivity index (χ4n) is 2.62. The molecule has 3 aromatic rings. The van der Waals surface area contributed by atoms with E-state index in [4.69, 9.17) is 0 Å². The topological polar surface area (TPSA) is 38.1 Å². The summed E-state index contributed by atoms with van der Waals surface area (Å²) in [5.41, 5.74) is -0.233. The van der Waals surface area contributed by atoms with Crippen molar-refractivity contribution in [2.24, 2.45) is 0 Å². The van der Waals surface area contributed by atoms with Crippen molar-refractivity contribution in [3.05, 3.63) is 77.9 Å². The minimum Gasteiger partial charge on any atom is -0.307 e. The van der Waals surface area contributed by atoms with E-state index in [0.29, 0.717) is 5.69 Å². The second kappa shape index (κ2) is 7.22. The second-order valence-electron chi connectivity index (χ2n) is 5.69. The molecule has 0 saturated carbocycles. The van der Waals surface area contributed by atoms with Gasteiger partial charge in [-0.25, -0.2) is 9.07 Å². The zero-order chi connectivity index (χ0) is 19.6. The normalized spacial score (nSPS) is 11.4. The van der Waals surface area contributed by atoms with Crippen LogP contribution < -0.4 is 4.90 Å². The molecular weight excluding hydrogens is 362 g/mol. The zero-order valence-corrected chi connectivity index (χ0v) is 14.2. The first-order valence-electron chi connectivity index (χ1n) is 8.11. The van der Waals surface area contributed by atoms with Crippen molar-refractivity contribution in [2.45, 2.75) is 13.1 Å². The molecule has 140 valence electrons. The van der Waals surface area contributed by atoms with E-state index in [0.717, 1.165) is 12.1 Å². The third-order valence-corrected chi connectivity index (χ3v) is 3.98. The molecule has 0 aliphatic rings. The highest BCUT2D eigenvalue weighted by Crippen LogP contribution is 2.30. The first-order valence-corrected chi connectivity index (χ1v) is 8.11. The smallest absolute Gasteiger partial charge is 0.307 e. The molecule has 4 nitrogen and oxygen atoms in total. The van der Waals surface area contributed by atoms with E-state index in [1.54, 1.807) is 13.0 Å². The predicted octanol–water partition coefficient (Wildman–Crippen LogP) is 4.70. The van der Waals surface area contributed by atoms with E-state index in [2.05, 4.69) is 5.10 Å². The van der Waals surface area contributed by atoms with Crippen LogP contribution in [0, 0.1) is 5.82 Å². The van der Waals surface area contributed by atoms with E-state index >= 15 is 0 Å². The Labute approximate surface area is 152 Å². The Kier molecular flexibility index (Phi) is 4.98. The summed E-state index contributed by atoms with van der Waals surface area (Å²) in [5, 5.41) is 4.10. The van der Waals surface area contributed by atoms with Gasteiger partial charge in [-0.3, -0.25) is 4.79 Å². The fraction of sp³-hybridized carbons (Fsp3) is 0.158. The van der Waals surface area contributed by atoms with Crippen LogP contribution in [0.1, 0.15) is 23.0 Å². The number of aromatic nitrogens is 2. The molecule has 1 amide bonds. The number of anilines is 1. The lowest BCUT2D eigenvalue weighted by molar-refractivity contribution is -0.137. The number of carbonyl (C=O) groups is 1. The van der Waals surface area contributed by atoms with Crippen molar-refractivity contribution in [1.82, 2.24) is 9.78 Å². The van der Waals surface area contributed by atoms with Crippen LogP contribution in [0.3, 0.4) is 0 Å².